The van der Waals surface area contributed by atoms with Crippen molar-refractivity contribution in [1.29, 1.82) is 5.26 Å². The molecule has 178 valence electrons. The Labute approximate surface area is 210 Å². The molecule has 2 aromatic heterocycles. The van der Waals surface area contributed by atoms with E-state index in [1.54, 1.807) is 23.0 Å². The van der Waals surface area contributed by atoms with Crippen molar-refractivity contribution in [3.8, 4) is 6.07 Å². The number of hydrogen-bond donors (Lipinski definition) is 0. The van der Waals surface area contributed by atoms with Crippen molar-refractivity contribution < 1.29 is 0 Å². The number of benzene rings is 1. The number of aromatic nitrogens is 4. The first kappa shape index (κ1) is 23.3. The molecule has 0 saturated carbocycles. The van der Waals surface area contributed by atoms with E-state index in [1.165, 1.54) is 25.9 Å². The predicted octanol–water partition coefficient (Wildman–Crippen LogP) is 5.17. The topological polar surface area (TPSA) is 73.9 Å². The lowest BCUT2D eigenvalue weighted by Crippen LogP contribution is -2.54. The Morgan fingerprint density at radius 3 is 2.62 bits per heavy atom. The van der Waals surface area contributed by atoms with Gasteiger partial charge >= 0.3 is 0 Å². The second-order valence-electron chi connectivity index (χ2n) is 9.80. The molecule has 0 spiro atoms. The number of anilines is 1. The average Bonchev–Trinajstić information content (AvgIpc) is 3.16. The van der Waals surface area contributed by atoms with Gasteiger partial charge in [-0.2, -0.15) is 10.4 Å². The molecule has 0 bridgehead atoms. The van der Waals surface area contributed by atoms with Gasteiger partial charge < -0.3 is 9.80 Å². The summed E-state index contributed by atoms with van der Waals surface area (Å²) in [6, 6.07) is 7.94. The van der Waals surface area contributed by atoms with E-state index in [0.717, 1.165) is 30.4 Å². The second-order valence-corrected chi connectivity index (χ2v) is 10.6. The minimum Gasteiger partial charge on any atom is -0.355 e. The van der Waals surface area contributed by atoms with Gasteiger partial charge in [0.25, 0.3) is 0 Å². The van der Waals surface area contributed by atoms with Crippen LogP contribution in [0.5, 0.6) is 0 Å². The fourth-order valence-corrected chi connectivity index (χ4v) is 5.83. The number of likely N-dealkylation sites (tertiary alicyclic amines) is 1. The molecule has 0 radical (unpaired) electrons. The molecule has 2 fully saturated rings. The fourth-order valence-electron chi connectivity index (χ4n) is 5.26. The van der Waals surface area contributed by atoms with Crippen molar-refractivity contribution in [3.63, 3.8) is 0 Å². The van der Waals surface area contributed by atoms with Crippen LogP contribution in [-0.4, -0.2) is 56.9 Å². The van der Waals surface area contributed by atoms with Gasteiger partial charge in [0, 0.05) is 35.7 Å². The normalized spacial score (nSPS) is 20.5. The van der Waals surface area contributed by atoms with E-state index in [4.69, 9.17) is 28.2 Å². The highest BCUT2D eigenvalue weighted by atomic mass is 35.5. The average molecular weight is 498 g/mol. The zero-order valence-corrected chi connectivity index (χ0v) is 21.3. The molecule has 2 saturated heterocycles. The molecule has 5 rings (SSSR count). The summed E-state index contributed by atoms with van der Waals surface area (Å²) in [6.07, 6.45) is 4.36. The molecule has 7 nitrogen and oxygen atoms in total. The number of piperidine rings is 1. The number of halogens is 2. The quantitative estimate of drug-likeness (QED) is 0.483. The van der Waals surface area contributed by atoms with Gasteiger partial charge in [0.2, 0.25) is 0 Å². The van der Waals surface area contributed by atoms with E-state index in [9.17, 15) is 5.26 Å². The lowest BCUT2D eigenvalue weighted by molar-refractivity contribution is 0.0963. The summed E-state index contributed by atoms with van der Waals surface area (Å²) in [4.78, 5) is 14.4. The van der Waals surface area contributed by atoms with Gasteiger partial charge in [-0.25, -0.2) is 14.6 Å². The number of hydrogen-bond acceptors (Lipinski definition) is 6. The van der Waals surface area contributed by atoms with Crippen LogP contribution < -0.4 is 4.90 Å². The predicted molar refractivity (Wildman–Crippen MR) is 135 cm³/mol. The molecule has 1 unspecified atom stereocenters. The Morgan fingerprint density at radius 2 is 1.91 bits per heavy atom. The van der Waals surface area contributed by atoms with E-state index in [1.807, 2.05) is 13.0 Å². The Kier molecular flexibility index (Phi) is 6.41. The minimum absolute atomic E-state index is 0.229. The van der Waals surface area contributed by atoms with Crippen molar-refractivity contribution in [2.75, 3.05) is 31.1 Å². The van der Waals surface area contributed by atoms with Crippen molar-refractivity contribution in [3.05, 3.63) is 45.7 Å². The maximum absolute atomic E-state index is 9.62. The van der Waals surface area contributed by atoms with Crippen LogP contribution in [-0.2, 0) is 0 Å². The fraction of sp³-hybridized carbons (Fsp3) is 0.520. The van der Waals surface area contributed by atoms with Gasteiger partial charge in [0.05, 0.1) is 12.2 Å². The van der Waals surface area contributed by atoms with Crippen LogP contribution in [0.1, 0.15) is 50.9 Å². The Hall–Kier alpha value is -2.40. The van der Waals surface area contributed by atoms with Crippen LogP contribution in [0.15, 0.2) is 24.4 Å². The Balaban J connectivity index is 1.39. The maximum atomic E-state index is 9.62. The molecule has 3 aromatic rings. The first-order chi connectivity index (χ1) is 16.4. The summed E-state index contributed by atoms with van der Waals surface area (Å²) < 4.78 is 1.75. The smallest absolute Gasteiger partial charge is 0.190 e. The van der Waals surface area contributed by atoms with E-state index in [-0.39, 0.29) is 11.7 Å². The van der Waals surface area contributed by atoms with E-state index in [0.29, 0.717) is 33.2 Å². The Bertz CT molecular complexity index is 1240. The minimum atomic E-state index is -0.229. The molecular formula is C25H29Cl2N7. The third-order valence-corrected chi connectivity index (χ3v) is 7.96. The van der Waals surface area contributed by atoms with Gasteiger partial charge in [-0.15, -0.1) is 0 Å². The van der Waals surface area contributed by atoms with Gasteiger partial charge in [-0.3, -0.25) is 0 Å². The van der Waals surface area contributed by atoms with E-state index >= 15 is 0 Å². The largest absolute Gasteiger partial charge is 0.355 e. The van der Waals surface area contributed by atoms with Gasteiger partial charge in [-0.05, 0) is 69.7 Å². The third kappa shape index (κ3) is 4.24. The molecule has 2 atom stereocenters. The summed E-state index contributed by atoms with van der Waals surface area (Å²) >= 11 is 12.5. The zero-order valence-electron chi connectivity index (χ0n) is 19.7. The summed E-state index contributed by atoms with van der Waals surface area (Å²) in [5, 5.41) is 15.3. The van der Waals surface area contributed by atoms with E-state index < -0.39 is 0 Å². The highest BCUT2D eigenvalue weighted by Crippen LogP contribution is 2.35. The van der Waals surface area contributed by atoms with Crippen LogP contribution in [0, 0.1) is 23.2 Å². The summed E-state index contributed by atoms with van der Waals surface area (Å²) in [5.41, 5.74) is 2.24. The lowest BCUT2D eigenvalue weighted by atomic mass is 9.80. The first-order valence-electron chi connectivity index (χ1n) is 11.9. The highest BCUT2D eigenvalue weighted by Gasteiger charge is 2.37. The zero-order chi connectivity index (χ0) is 24.0. The molecule has 9 heteroatoms. The van der Waals surface area contributed by atoms with Gasteiger partial charge in [0.15, 0.2) is 11.3 Å². The van der Waals surface area contributed by atoms with Gasteiger partial charge in [-0.1, -0.05) is 29.3 Å². The molecule has 2 aliphatic heterocycles. The first-order valence-corrected chi connectivity index (χ1v) is 12.7. The van der Waals surface area contributed by atoms with Crippen LogP contribution in [0.25, 0.3) is 11.2 Å². The van der Waals surface area contributed by atoms with E-state index in [2.05, 4.69) is 39.8 Å². The molecule has 0 amide bonds. The summed E-state index contributed by atoms with van der Waals surface area (Å²) in [5.74, 6) is 2.26. The van der Waals surface area contributed by atoms with Crippen molar-refractivity contribution in [2.45, 2.75) is 45.7 Å². The molecular weight excluding hydrogens is 469 g/mol. The number of rotatable bonds is 5. The number of nitriles is 1. The van der Waals surface area contributed by atoms with Gasteiger partial charge in [0.1, 0.15) is 17.4 Å². The number of nitrogens with zero attached hydrogens (tertiary/aromatic N) is 7. The van der Waals surface area contributed by atoms with Crippen LogP contribution in [0.3, 0.4) is 0 Å². The Morgan fingerprint density at radius 1 is 1.12 bits per heavy atom. The molecule has 34 heavy (non-hydrogen) atoms. The molecule has 2 aliphatic rings. The maximum Gasteiger partial charge on any atom is 0.190 e. The monoisotopic (exact) mass is 497 g/mol. The SMILES string of the molecule is CC(C)N1CCCC(C2CN(c3cnc4c(C#N)nn([C@H](C)c5ccc(Cl)cc5Cl)c4n3)C2)C1. The number of fused-ring (bicyclic) bond motifs is 1. The second kappa shape index (κ2) is 9.33. The van der Waals surface area contributed by atoms with Crippen LogP contribution >= 0.6 is 23.2 Å². The van der Waals surface area contributed by atoms with Crippen LogP contribution in [0.4, 0.5) is 5.82 Å². The van der Waals surface area contributed by atoms with Crippen molar-refractivity contribution in [2.24, 2.45) is 11.8 Å². The van der Waals surface area contributed by atoms with Crippen molar-refractivity contribution in [1.82, 2.24) is 24.6 Å². The summed E-state index contributed by atoms with van der Waals surface area (Å²) in [6.45, 7) is 11.0. The molecule has 0 N–H and O–H groups in total. The molecule has 1 aromatic carbocycles. The van der Waals surface area contributed by atoms with Crippen LogP contribution in [0.2, 0.25) is 10.0 Å². The standard InChI is InChI=1S/C25H29Cl2N7/c1-15(2)32-8-4-5-17(12-32)18-13-33(14-18)23-11-29-24-22(10-28)31-34(25(24)30-23)16(3)20-7-6-19(26)9-21(20)27/h6-7,9,11,15-18H,4-5,8,12-14H2,1-3H3/t16-,17?/m1/s1. The molecule has 0 aliphatic carbocycles. The lowest BCUT2D eigenvalue weighted by Gasteiger charge is -2.47. The third-order valence-electron chi connectivity index (χ3n) is 7.40. The molecule has 4 heterocycles. The van der Waals surface area contributed by atoms with Crippen molar-refractivity contribution >= 4 is 40.2 Å². The highest BCUT2D eigenvalue weighted by molar-refractivity contribution is 6.35. The summed E-state index contributed by atoms with van der Waals surface area (Å²) in [7, 11) is 0.